The van der Waals surface area contributed by atoms with Crippen LogP contribution in [0.25, 0.3) is 10.2 Å². The highest BCUT2D eigenvalue weighted by molar-refractivity contribution is 7.22. The third-order valence-corrected chi connectivity index (χ3v) is 3.73. The average Bonchev–Trinajstić information content (AvgIpc) is 2.79. The summed E-state index contributed by atoms with van der Waals surface area (Å²) in [6.45, 7) is 2.82. The van der Waals surface area contributed by atoms with Crippen molar-refractivity contribution < 1.29 is 9.47 Å². The molecule has 1 atom stereocenters. The van der Waals surface area contributed by atoms with Gasteiger partial charge in [0.05, 0.1) is 30.0 Å². The highest BCUT2D eigenvalue weighted by Gasteiger charge is 2.10. The van der Waals surface area contributed by atoms with Crippen LogP contribution in [0.1, 0.15) is 13.3 Å². The first-order chi connectivity index (χ1) is 8.76. The molecule has 0 aliphatic rings. The van der Waals surface area contributed by atoms with E-state index in [1.807, 2.05) is 18.2 Å². The summed E-state index contributed by atoms with van der Waals surface area (Å²) >= 11 is 1.64. The number of rotatable bonds is 6. The lowest BCUT2D eigenvalue weighted by Gasteiger charge is -2.14. The Morgan fingerprint density at radius 3 is 2.89 bits per heavy atom. The standard InChI is InChI=1S/C13H18N2O2S/c1-4-9(8-16-2)14-13-15-11-6-5-10(17-3)7-12(11)18-13/h5-7,9H,4,8H2,1-3H3,(H,14,15). The van der Waals surface area contributed by atoms with Gasteiger partial charge < -0.3 is 14.8 Å². The fourth-order valence-corrected chi connectivity index (χ4v) is 2.70. The van der Waals surface area contributed by atoms with Crippen LogP contribution in [0, 0.1) is 0 Å². The molecule has 98 valence electrons. The number of methoxy groups -OCH3 is 2. The van der Waals surface area contributed by atoms with Crippen molar-refractivity contribution in [1.82, 2.24) is 4.98 Å². The third kappa shape index (κ3) is 2.91. The van der Waals surface area contributed by atoms with Gasteiger partial charge in [-0.15, -0.1) is 0 Å². The Morgan fingerprint density at radius 2 is 2.22 bits per heavy atom. The second-order valence-corrected chi connectivity index (χ2v) is 5.09. The second kappa shape index (κ2) is 6.02. The first-order valence-corrected chi connectivity index (χ1v) is 6.78. The monoisotopic (exact) mass is 266 g/mol. The van der Waals surface area contributed by atoms with E-state index in [4.69, 9.17) is 9.47 Å². The minimum absolute atomic E-state index is 0.303. The van der Waals surface area contributed by atoms with Gasteiger partial charge in [-0.25, -0.2) is 4.98 Å². The van der Waals surface area contributed by atoms with Crippen LogP contribution < -0.4 is 10.1 Å². The van der Waals surface area contributed by atoms with Crippen LogP contribution in [0.3, 0.4) is 0 Å². The zero-order chi connectivity index (χ0) is 13.0. The zero-order valence-corrected chi connectivity index (χ0v) is 11.7. The van der Waals surface area contributed by atoms with E-state index >= 15 is 0 Å². The van der Waals surface area contributed by atoms with Crippen LogP contribution in [0.4, 0.5) is 5.13 Å². The van der Waals surface area contributed by atoms with Gasteiger partial charge in [-0.1, -0.05) is 18.3 Å². The fraction of sp³-hybridized carbons (Fsp3) is 0.462. The van der Waals surface area contributed by atoms with Gasteiger partial charge >= 0.3 is 0 Å². The van der Waals surface area contributed by atoms with Gasteiger partial charge in [-0.05, 0) is 24.6 Å². The molecule has 1 heterocycles. The van der Waals surface area contributed by atoms with Gasteiger partial charge in [0, 0.05) is 7.11 Å². The number of hydrogen-bond donors (Lipinski definition) is 1. The second-order valence-electron chi connectivity index (χ2n) is 4.06. The normalized spacial score (nSPS) is 12.6. The Labute approximate surface area is 111 Å². The van der Waals surface area contributed by atoms with Gasteiger partial charge in [-0.3, -0.25) is 0 Å². The molecule has 18 heavy (non-hydrogen) atoms. The number of fused-ring (bicyclic) bond motifs is 1. The van der Waals surface area contributed by atoms with Crippen molar-refractivity contribution >= 4 is 26.7 Å². The predicted molar refractivity (Wildman–Crippen MR) is 75.7 cm³/mol. The molecule has 1 aromatic carbocycles. The lowest BCUT2D eigenvalue weighted by Crippen LogP contribution is -2.23. The van der Waals surface area contributed by atoms with Gasteiger partial charge in [0.25, 0.3) is 0 Å². The molecule has 2 rings (SSSR count). The first kappa shape index (κ1) is 13.1. The van der Waals surface area contributed by atoms with Crippen molar-refractivity contribution in [2.75, 3.05) is 26.1 Å². The Hall–Kier alpha value is -1.33. The van der Waals surface area contributed by atoms with E-state index in [-0.39, 0.29) is 0 Å². The number of nitrogens with one attached hydrogen (secondary N) is 1. The summed E-state index contributed by atoms with van der Waals surface area (Å²) < 4.78 is 11.5. The number of hydrogen-bond acceptors (Lipinski definition) is 5. The summed E-state index contributed by atoms with van der Waals surface area (Å²) in [6, 6.07) is 6.22. The molecule has 5 heteroatoms. The largest absolute Gasteiger partial charge is 0.497 e. The van der Waals surface area contributed by atoms with Crippen molar-refractivity contribution in [3.63, 3.8) is 0 Å². The molecule has 0 fully saturated rings. The summed E-state index contributed by atoms with van der Waals surface area (Å²) in [7, 11) is 3.39. The Bertz CT molecular complexity index is 513. The molecule has 0 radical (unpaired) electrons. The molecule has 0 aliphatic carbocycles. The SMILES string of the molecule is CCC(COC)Nc1nc2ccc(OC)cc2s1. The third-order valence-electron chi connectivity index (χ3n) is 2.78. The van der Waals surface area contributed by atoms with Crippen LogP contribution in [0.2, 0.25) is 0 Å². The van der Waals surface area contributed by atoms with E-state index in [0.717, 1.165) is 27.5 Å². The van der Waals surface area contributed by atoms with Gasteiger partial charge in [0.2, 0.25) is 0 Å². The molecular weight excluding hydrogens is 248 g/mol. The molecule has 1 unspecified atom stereocenters. The number of benzene rings is 1. The highest BCUT2D eigenvalue weighted by Crippen LogP contribution is 2.29. The molecule has 2 aromatic rings. The van der Waals surface area contributed by atoms with Gasteiger partial charge in [0.1, 0.15) is 5.75 Å². The molecule has 0 aliphatic heterocycles. The van der Waals surface area contributed by atoms with Crippen LogP contribution in [0.5, 0.6) is 5.75 Å². The quantitative estimate of drug-likeness (QED) is 0.872. The lowest BCUT2D eigenvalue weighted by molar-refractivity contribution is 0.184. The molecule has 1 N–H and O–H groups in total. The topological polar surface area (TPSA) is 43.4 Å². The maximum Gasteiger partial charge on any atom is 0.184 e. The number of aromatic nitrogens is 1. The first-order valence-electron chi connectivity index (χ1n) is 5.97. The van der Waals surface area contributed by atoms with Crippen molar-refractivity contribution in [2.24, 2.45) is 0 Å². The van der Waals surface area contributed by atoms with E-state index in [1.165, 1.54) is 0 Å². The van der Waals surface area contributed by atoms with E-state index in [0.29, 0.717) is 12.6 Å². The summed E-state index contributed by atoms with van der Waals surface area (Å²) in [5.74, 6) is 0.863. The Balaban J connectivity index is 2.18. The van der Waals surface area contributed by atoms with Crippen LogP contribution in [-0.2, 0) is 4.74 Å². The minimum Gasteiger partial charge on any atom is -0.497 e. The maximum atomic E-state index is 5.21. The summed E-state index contributed by atoms with van der Waals surface area (Å²) in [4.78, 5) is 4.55. The van der Waals surface area contributed by atoms with Crippen LogP contribution in [0.15, 0.2) is 18.2 Å². The summed E-state index contributed by atoms with van der Waals surface area (Å²) in [6.07, 6.45) is 1.01. The minimum atomic E-state index is 0.303. The lowest BCUT2D eigenvalue weighted by atomic mass is 10.2. The smallest absolute Gasteiger partial charge is 0.184 e. The van der Waals surface area contributed by atoms with Crippen molar-refractivity contribution in [3.05, 3.63) is 18.2 Å². The van der Waals surface area contributed by atoms with Gasteiger partial charge in [0.15, 0.2) is 5.13 Å². The number of ether oxygens (including phenoxy) is 2. The molecule has 1 aromatic heterocycles. The van der Waals surface area contributed by atoms with E-state index in [1.54, 1.807) is 25.6 Å². The molecule has 0 amide bonds. The predicted octanol–water partition coefficient (Wildman–Crippen LogP) is 3.14. The van der Waals surface area contributed by atoms with E-state index in [9.17, 15) is 0 Å². The number of thiazole rings is 1. The van der Waals surface area contributed by atoms with E-state index < -0.39 is 0 Å². The molecule has 0 saturated carbocycles. The van der Waals surface area contributed by atoms with E-state index in [2.05, 4.69) is 17.2 Å². The van der Waals surface area contributed by atoms with Crippen molar-refractivity contribution in [3.8, 4) is 5.75 Å². The van der Waals surface area contributed by atoms with Crippen LogP contribution >= 0.6 is 11.3 Å². The number of nitrogens with zero attached hydrogens (tertiary/aromatic N) is 1. The van der Waals surface area contributed by atoms with Crippen molar-refractivity contribution in [1.29, 1.82) is 0 Å². The fourth-order valence-electron chi connectivity index (χ4n) is 1.73. The van der Waals surface area contributed by atoms with Crippen LogP contribution in [-0.4, -0.2) is 31.9 Å². The molecule has 0 saturated heterocycles. The van der Waals surface area contributed by atoms with Crippen molar-refractivity contribution in [2.45, 2.75) is 19.4 Å². The molecule has 0 spiro atoms. The zero-order valence-electron chi connectivity index (χ0n) is 10.9. The molecular formula is C13H18N2O2S. The Kier molecular flexibility index (Phi) is 4.38. The number of anilines is 1. The maximum absolute atomic E-state index is 5.21. The Morgan fingerprint density at radius 1 is 1.39 bits per heavy atom. The average molecular weight is 266 g/mol. The summed E-state index contributed by atoms with van der Waals surface area (Å²) in [5, 5.41) is 4.33. The summed E-state index contributed by atoms with van der Waals surface area (Å²) in [5.41, 5.74) is 0.996. The molecule has 0 bridgehead atoms. The molecule has 4 nitrogen and oxygen atoms in total. The highest BCUT2D eigenvalue weighted by atomic mass is 32.1. The van der Waals surface area contributed by atoms with Gasteiger partial charge in [-0.2, -0.15) is 0 Å².